The van der Waals surface area contributed by atoms with Crippen molar-refractivity contribution < 1.29 is 9.21 Å². The summed E-state index contributed by atoms with van der Waals surface area (Å²) in [6.45, 7) is 3.31. The second-order valence-electron chi connectivity index (χ2n) is 8.25. The molecular weight excluding hydrogens is 467 g/mol. The number of nitrogens with zero attached hydrogens (tertiary/aromatic N) is 2. The van der Waals surface area contributed by atoms with Crippen LogP contribution in [-0.4, -0.2) is 49.0 Å². The Labute approximate surface area is 184 Å². The first-order chi connectivity index (χ1) is 13.3. The van der Waals surface area contributed by atoms with Crippen molar-refractivity contribution in [3.8, 4) is 0 Å². The fourth-order valence-corrected chi connectivity index (χ4v) is 4.90. The molecule has 3 fully saturated rings. The van der Waals surface area contributed by atoms with Crippen LogP contribution >= 0.6 is 24.0 Å². The molecule has 1 aromatic heterocycles. The summed E-state index contributed by atoms with van der Waals surface area (Å²) in [7, 11) is 0. The smallest absolute Gasteiger partial charge is 0.222 e. The second-order valence-corrected chi connectivity index (χ2v) is 8.25. The summed E-state index contributed by atoms with van der Waals surface area (Å²) in [4.78, 5) is 18.5. The Morgan fingerprint density at radius 2 is 2.25 bits per heavy atom. The zero-order chi connectivity index (χ0) is 18.5. The third-order valence-electron chi connectivity index (χ3n) is 6.33. The molecule has 1 amide bonds. The molecule has 2 heterocycles. The minimum atomic E-state index is 0. The van der Waals surface area contributed by atoms with Crippen LogP contribution in [0, 0.1) is 11.8 Å². The summed E-state index contributed by atoms with van der Waals surface area (Å²) in [6, 6.07) is 4.51. The highest BCUT2D eigenvalue weighted by molar-refractivity contribution is 14.0. The van der Waals surface area contributed by atoms with E-state index in [4.69, 9.17) is 9.41 Å². The highest BCUT2D eigenvalue weighted by Gasteiger charge is 2.39. The molecule has 1 aromatic rings. The fraction of sp³-hybridized carbons (Fsp3) is 0.714. The molecule has 2 N–H and O–H groups in total. The lowest BCUT2D eigenvalue weighted by atomic mass is 9.95. The molecule has 3 unspecified atom stereocenters. The lowest BCUT2D eigenvalue weighted by Gasteiger charge is -2.25. The van der Waals surface area contributed by atoms with Gasteiger partial charge in [0.05, 0.1) is 6.26 Å². The molecule has 3 aliphatic rings. The van der Waals surface area contributed by atoms with Gasteiger partial charge in [0.15, 0.2) is 5.96 Å². The van der Waals surface area contributed by atoms with Gasteiger partial charge >= 0.3 is 0 Å². The van der Waals surface area contributed by atoms with Crippen LogP contribution in [0.1, 0.15) is 50.7 Å². The van der Waals surface area contributed by atoms with Crippen molar-refractivity contribution in [1.82, 2.24) is 15.5 Å². The molecule has 1 saturated heterocycles. The number of amides is 1. The quantitative estimate of drug-likeness (QED) is 0.249. The monoisotopic (exact) mass is 500 g/mol. The number of likely N-dealkylation sites (tertiary alicyclic amines) is 1. The summed E-state index contributed by atoms with van der Waals surface area (Å²) in [5.74, 6) is 3.95. The maximum atomic E-state index is 11.7. The molecule has 7 heteroatoms. The van der Waals surface area contributed by atoms with Crippen molar-refractivity contribution in [1.29, 1.82) is 0 Å². The number of hydrogen-bond donors (Lipinski definition) is 2. The van der Waals surface area contributed by atoms with E-state index in [1.165, 1.54) is 25.7 Å². The Morgan fingerprint density at radius 3 is 2.93 bits per heavy atom. The Hall–Kier alpha value is -1.25. The number of carbonyl (C=O) groups is 1. The summed E-state index contributed by atoms with van der Waals surface area (Å²) in [6.07, 6.45) is 10.7. The minimum Gasteiger partial charge on any atom is -0.469 e. The van der Waals surface area contributed by atoms with Crippen molar-refractivity contribution in [2.45, 2.75) is 57.4 Å². The van der Waals surface area contributed by atoms with Gasteiger partial charge in [-0.15, -0.1) is 24.0 Å². The van der Waals surface area contributed by atoms with Gasteiger partial charge in [-0.05, 0) is 56.1 Å². The molecule has 3 atom stereocenters. The third-order valence-corrected chi connectivity index (χ3v) is 6.33. The first-order valence-corrected chi connectivity index (χ1v) is 10.6. The number of fused-ring (bicyclic) bond motifs is 2. The highest BCUT2D eigenvalue weighted by Crippen LogP contribution is 2.44. The van der Waals surface area contributed by atoms with Crippen LogP contribution in [-0.2, 0) is 11.2 Å². The Balaban J connectivity index is 0.00000225. The van der Waals surface area contributed by atoms with E-state index in [1.54, 1.807) is 6.26 Å². The second kappa shape index (κ2) is 10.5. The van der Waals surface area contributed by atoms with E-state index in [-0.39, 0.29) is 24.0 Å². The van der Waals surface area contributed by atoms with E-state index in [2.05, 4.69) is 10.6 Å². The fourth-order valence-electron chi connectivity index (χ4n) is 4.90. The van der Waals surface area contributed by atoms with Crippen LogP contribution in [0.5, 0.6) is 0 Å². The molecule has 2 saturated carbocycles. The van der Waals surface area contributed by atoms with Crippen molar-refractivity contribution in [3.05, 3.63) is 24.2 Å². The summed E-state index contributed by atoms with van der Waals surface area (Å²) < 4.78 is 5.42. The van der Waals surface area contributed by atoms with Gasteiger partial charge in [0.25, 0.3) is 0 Å². The molecule has 0 aromatic carbocycles. The number of furan rings is 1. The lowest BCUT2D eigenvalue weighted by molar-refractivity contribution is -0.127. The van der Waals surface area contributed by atoms with Gasteiger partial charge in [-0.2, -0.15) is 0 Å². The zero-order valence-electron chi connectivity index (χ0n) is 16.6. The van der Waals surface area contributed by atoms with Gasteiger partial charge < -0.3 is 20.0 Å². The van der Waals surface area contributed by atoms with Gasteiger partial charge in [0.1, 0.15) is 5.76 Å². The average molecular weight is 500 g/mol. The molecular formula is C21H33IN4O2. The van der Waals surface area contributed by atoms with Crippen LogP contribution in [0.4, 0.5) is 0 Å². The number of carbonyl (C=O) groups excluding carboxylic acids is 1. The van der Waals surface area contributed by atoms with Gasteiger partial charge in [0.2, 0.25) is 5.91 Å². The molecule has 0 spiro atoms. The zero-order valence-corrected chi connectivity index (χ0v) is 18.9. The van der Waals surface area contributed by atoms with Crippen LogP contribution in [0.15, 0.2) is 27.8 Å². The molecule has 4 rings (SSSR count). The van der Waals surface area contributed by atoms with E-state index >= 15 is 0 Å². The molecule has 2 aliphatic carbocycles. The molecule has 28 heavy (non-hydrogen) atoms. The van der Waals surface area contributed by atoms with Gasteiger partial charge in [-0.3, -0.25) is 9.79 Å². The topological polar surface area (TPSA) is 69.9 Å². The van der Waals surface area contributed by atoms with Crippen molar-refractivity contribution in [3.63, 3.8) is 0 Å². The van der Waals surface area contributed by atoms with E-state index in [1.807, 2.05) is 17.0 Å². The molecule has 2 bridgehead atoms. The van der Waals surface area contributed by atoms with E-state index in [9.17, 15) is 4.79 Å². The first kappa shape index (κ1) is 21.5. The van der Waals surface area contributed by atoms with Crippen LogP contribution < -0.4 is 10.6 Å². The van der Waals surface area contributed by atoms with Crippen LogP contribution in [0.25, 0.3) is 0 Å². The Morgan fingerprint density at radius 1 is 1.32 bits per heavy atom. The first-order valence-electron chi connectivity index (χ1n) is 10.6. The number of aliphatic imine (C=N–C) groups is 1. The van der Waals surface area contributed by atoms with E-state index < -0.39 is 0 Å². The number of halogens is 1. The van der Waals surface area contributed by atoms with Gasteiger partial charge in [-0.1, -0.05) is 6.42 Å². The Bertz CT molecular complexity index is 649. The molecule has 0 radical (unpaired) electrons. The summed E-state index contributed by atoms with van der Waals surface area (Å²) >= 11 is 0. The number of hydrogen-bond acceptors (Lipinski definition) is 3. The largest absolute Gasteiger partial charge is 0.469 e. The number of rotatable bonds is 8. The average Bonchev–Trinajstić information content (AvgIpc) is 3.45. The number of nitrogens with one attached hydrogen (secondary N) is 2. The summed E-state index contributed by atoms with van der Waals surface area (Å²) in [5, 5.41) is 7.17. The molecule has 1 aliphatic heterocycles. The maximum absolute atomic E-state index is 11.7. The van der Waals surface area contributed by atoms with Crippen molar-refractivity contribution in [2.75, 3.05) is 26.2 Å². The van der Waals surface area contributed by atoms with Gasteiger partial charge in [0, 0.05) is 45.1 Å². The minimum absolute atomic E-state index is 0. The predicted octanol–water partition coefficient (Wildman–Crippen LogP) is 3.18. The predicted molar refractivity (Wildman–Crippen MR) is 121 cm³/mol. The maximum Gasteiger partial charge on any atom is 0.222 e. The van der Waals surface area contributed by atoms with E-state index in [0.29, 0.717) is 18.4 Å². The van der Waals surface area contributed by atoms with Crippen molar-refractivity contribution >= 4 is 35.8 Å². The lowest BCUT2D eigenvalue weighted by Crippen LogP contribution is -2.46. The van der Waals surface area contributed by atoms with Crippen LogP contribution in [0.2, 0.25) is 0 Å². The van der Waals surface area contributed by atoms with E-state index in [0.717, 1.165) is 69.0 Å². The van der Waals surface area contributed by atoms with Crippen LogP contribution in [0.3, 0.4) is 0 Å². The number of guanidine groups is 1. The highest BCUT2D eigenvalue weighted by atomic mass is 127. The van der Waals surface area contributed by atoms with Crippen molar-refractivity contribution in [2.24, 2.45) is 16.8 Å². The molecule has 6 nitrogen and oxygen atoms in total. The third kappa shape index (κ3) is 5.64. The van der Waals surface area contributed by atoms with Gasteiger partial charge in [-0.25, -0.2) is 0 Å². The Kier molecular flexibility index (Phi) is 8.05. The molecule has 156 valence electrons. The SMILES string of the molecule is I.O=C1CCCN1CCCN=C(NCCc1ccco1)NC1CC2CCC1C2. The summed E-state index contributed by atoms with van der Waals surface area (Å²) in [5.41, 5.74) is 0. The standard InChI is InChI=1S/C21H32N4O2.HI/c26-20-5-1-11-25(20)12-3-9-22-21(23-10-8-18-4-2-13-27-18)24-19-15-16-6-7-17(19)14-16;/h2,4,13,16-17,19H,1,3,5-12,14-15H2,(H2,22,23,24);1H. The normalized spacial score (nSPS) is 26.6.